The molecule has 0 radical (unpaired) electrons. The quantitative estimate of drug-likeness (QED) is 0.730. The number of pyridine rings is 1. The van der Waals surface area contributed by atoms with Gasteiger partial charge in [-0.3, -0.25) is 9.78 Å². The molecule has 0 atom stereocenters. The average molecular weight is 314 g/mol. The summed E-state index contributed by atoms with van der Waals surface area (Å²) in [6.07, 6.45) is 5.31. The number of nitrogens with one attached hydrogen (secondary N) is 1. The second-order valence-corrected chi connectivity index (χ2v) is 4.48. The van der Waals surface area contributed by atoms with E-state index >= 15 is 0 Å². The molecule has 0 spiro atoms. The molecule has 1 heterocycles. The molecule has 0 fully saturated rings. The molecule has 1 amide bonds. The molecule has 7 heteroatoms. The number of carboxylic acid groups (broad SMARTS) is 1. The van der Waals surface area contributed by atoms with Crippen LogP contribution in [0.1, 0.15) is 15.9 Å². The van der Waals surface area contributed by atoms with Crippen molar-refractivity contribution in [3.8, 4) is 11.5 Å². The van der Waals surface area contributed by atoms with Crippen LogP contribution in [0.4, 0.5) is 5.69 Å². The number of carbonyl (C=O) groups excluding carboxylic acids is 1. The van der Waals surface area contributed by atoms with Crippen LogP contribution in [-0.2, 0) is 4.79 Å². The van der Waals surface area contributed by atoms with Gasteiger partial charge in [0.2, 0.25) is 5.91 Å². The van der Waals surface area contributed by atoms with Gasteiger partial charge in [-0.2, -0.15) is 0 Å². The number of rotatable bonds is 5. The zero-order chi connectivity index (χ0) is 16.8. The molecular weight excluding hydrogens is 300 g/mol. The Balaban J connectivity index is 2.12. The molecule has 0 unspecified atom stereocenters. The third-order valence-corrected chi connectivity index (χ3v) is 2.94. The number of aromatic hydroxyl groups is 1. The number of benzene rings is 1. The van der Waals surface area contributed by atoms with Gasteiger partial charge in [-0.15, -0.1) is 0 Å². The predicted molar refractivity (Wildman–Crippen MR) is 83.5 cm³/mol. The monoisotopic (exact) mass is 314 g/mol. The molecule has 1 aromatic carbocycles. The summed E-state index contributed by atoms with van der Waals surface area (Å²) < 4.78 is 4.97. The summed E-state index contributed by atoms with van der Waals surface area (Å²) in [4.78, 5) is 26.6. The van der Waals surface area contributed by atoms with Crippen LogP contribution in [0.3, 0.4) is 0 Å². The second kappa shape index (κ2) is 7.08. The molecule has 0 saturated heterocycles. The van der Waals surface area contributed by atoms with Crippen LogP contribution in [-0.4, -0.2) is 34.2 Å². The Morgan fingerprint density at radius 2 is 2.09 bits per heavy atom. The molecule has 7 nitrogen and oxygen atoms in total. The molecule has 0 aliphatic carbocycles. The molecule has 23 heavy (non-hydrogen) atoms. The molecule has 118 valence electrons. The summed E-state index contributed by atoms with van der Waals surface area (Å²) >= 11 is 0. The fourth-order valence-corrected chi connectivity index (χ4v) is 1.82. The number of phenolic OH excluding ortho intramolecular Hbond substituents is 1. The third-order valence-electron chi connectivity index (χ3n) is 2.94. The maximum atomic E-state index is 11.9. The summed E-state index contributed by atoms with van der Waals surface area (Å²) in [7, 11) is 1.42. The van der Waals surface area contributed by atoms with Crippen LogP contribution in [0, 0.1) is 0 Å². The lowest BCUT2D eigenvalue weighted by molar-refractivity contribution is -0.111. The predicted octanol–water partition coefficient (Wildman–Crippen LogP) is 2.15. The van der Waals surface area contributed by atoms with Crippen LogP contribution >= 0.6 is 0 Å². The first-order valence-electron chi connectivity index (χ1n) is 6.54. The van der Waals surface area contributed by atoms with E-state index < -0.39 is 11.9 Å². The van der Waals surface area contributed by atoms with E-state index in [-0.39, 0.29) is 22.7 Å². The van der Waals surface area contributed by atoms with E-state index in [2.05, 4.69) is 10.3 Å². The SMILES string of the molecule is COc1cc(/C=C/C(=O)Nc2ccncc2C(=O)O)ccc1O. The van der Waals surface area contributed by atoms with Crippen molar-refractivity contribution in [3.05, 3.63) is 53.9 Å². The Bertz CT molecular complexity index is 771. The van der Waals surface area contributed by atoms with Gasteiger partial charge in [0.1, 0.15) is 5.56 Å². The van der Waals surface area contributed by atoms with E-state index in [0.717, 1.165) is 6.20 Å². The van der Waals surface area contributed by atoms with Crippen LogP contribution < -0.4 is 10.1 Å². The third kappa shape index (κ3) is 4.07. The number of methoxy groups -OCH3 is 1. The van der Waals surface area contributed by atoms with Crippen molar-refractivity contribution in [1.82, 2.24) is 4.98 Å². The van der Waals surface area contributed by atoms with Gasteiger partial charge in [0.25, 0.3) is 0 Å². The molecular formula is C16H14N2O5. The van der Waals surface area contributed by atoms with Gasteiger partial charge in [-0.05, 0) is 29.8 Å². The van der Waals surface area contributed by atoms with E-state index in [9.17, 15) is 14.7 Å². The number of aromatic nitrogens is 1. The highest BCUT2D eigenvalue weighted by Crippen LogP contribution is 2.26. The Hall–Kier alpha value is -3.35. The van der Waals surface area contributed by atoms with Gasteiger partial charge in [-0.1, -0.05) is 6.07 Å². The van der Waals surface area contributed by atoms with Crippen LogP contribution in [0.25, 0.3) is 6.08 Å². The highest BCUT2D eigenvalue weighted by atomic mass is 16.5. The van der Waals surface area contributed by atoms with Gasteiger partial charge < -0.3 is 20.3 Å². The number of ether oxygens (including phenoxy) is 1. The zero-order valence-corrected chi connectivity index (χ0v) is 12.2. The zero-order valence-electron chi connectivity index (χ0n) is 12.2. The van der Waals surface area contributed by atoms with Gasteiger partial charge >= 0.3 is 5.97 Å². The summed E-state index contributed by atoms with van der Waals surface area (Å²) in [5.41, 5.74) is 0.703. The van der Waals surface area contributed by atoms with E-state index in [1.807, 2.05) is 0 Å². The van der Waals surface area contributed by atoms with Gasteiger partial charge in [0.05, 0.1) is 12.8 Å². The van der Waals surface area contributed by atoms with E-state index in [0.29, 0.717) is 5.56 Å². The number of hydrogen-bond donors (Lipinski definition) is 3. The van der Waals surface area contributed by atoms with Crippen LogP contribution in [0.15, 0.2) is 42.7 Å². The average Bonchev–Trinajstić information content (AvgIpc) is 2.54. The van der Waals surface area contributed by atoms with Crippen LogP contribution in [0.2, 0.25) is 0 Å². The summed E-state index contributed by atoms with van der Waals surface area (Å²) in [6.45, 7) is 0. The molecule has 1 aromatic heterocycles. The Morgan fingerprint density at radius 1 is 1.30 bits per heavy atom. The Kier molecular flexibility index (Phi) is 4.93. The number of carbonyl (C=O) groups is 2. The molecule has 2 aromatic rings. The lowest BCUT2D eigenvalue weighted by Gasteiger charge is -2.06. The number of anilines is 1. The summed E-state index contributed by atoms with van der Waals surface area (Å²) in [5.74, 6) is -1.39. The van der Waals surface area contributed by atoms with Crippen molar-refractivity contribution in [2.24, 2.45) is 0 Å². The summed E-state index contributed by atoms with van der Waals surface area (Å²) in [5, 5.41) is 21.0. The Labute approximate surface area is 131 Å². The highest BCUT2D eigenvalue weighted by molar-refractivity contribution is 6.05. The second-order valence-electron chi connectivity index (χ2n) is 4.48. The molecule has 0 bridgehead atoms. The molecule has 0 saturated carbocycles. The molecule has 3 N–H and O–H groups in total. The number of carboxylic acids is 1. The molecule has 0 aliphatic rings. The van der Waals surface area contributed by atoms with Gasteiger partial charge in [0.15, 0.2) is 11.5 Å². The van der Waals surface area contributed by atoms with E-state index in [1.165, 1.54) is 37.6 Å². The van der Waals surface area contributed by atoms with E-state index in [4.69, 9.17) is 9.84 Å². The maximum Gasteiger partial charge on any atom is 0.339 e. The largest absolute Gasteiger partial charge is 0.504 e. The molecule has 2 rings (SSSR count). The number of nitrogens with zero attached hydrogens (tertiary/aromatic N) is 1. The van der Waals surface area contributed by atoms with E-state index in [1.54, 1.807) is 12.1 Å². The topological polar surface area (TPSA) is 109 Å². The van der Waals surface area contributed by atoms with Crippen molar-refractivity contribution in [1.29, 1.82) is 0 Å². The first kappa shape index (κ1) is 16.0. The number of amides is 1. The lowest BCUT2D eigenvalue weighted by Crippen LogP contribution is -2.12. The fourth-order valence-electron chi connectivity index (χ4n) is 1.82. The van der Waals surface area contributed by atoms with Crippen molar-refractivity contribution in [2.75, 3.05) is 12.4 Å². The number of hydrogen-bond acceptors (Lipinski definition) is 5. The van der Waals surface area contributed by atoms with Crippen molar-refractivity contribution >= 4 is 23.6 Å². The lowest BCUT2D eigenvalue weighted by atomic mass is 10.2. The van der Waals surface area contributed by atoms with Gasteiger partial charge in [0, 0.05) is 18.5 Å². The maximum absolute atomic E-state index is 11.9. The minimum Gasteiger partial charge on any atom is -0.504 e. The van der Waals surface area contributed by atoms with Crippen molar-refractivity contribution in [2.45, 2.75) is 0 Å². The fraction of sp³-hybridized carbons (Fsp3) is 0.0625. The minimum atomic E-state index is -1.18. The smallest absolute Gasteiger partial charge is 0.339 e. The first-order chi connectivity index (χ1) is 11.0. The first-order valence-corrected chi connectivity index (χ1v) is 6.54. The van der Waals surface area contributed by atoms with Crippen LogP contribution in [0.5, 0.6) is 11.5 Å². The molecule has 0 aliphatic heterocycles. The minimum absolute atomic E-state index is 0.00279. The standard InChI is InChI=1S/C16H14N2O5/c1-23-14-8-10(2-4-13(14)19)3-5-15(20)18-12-6-7-17-9-11(12)16(21)22/h2-9,19H,1H3,(H,21,22)(H,17,18,20)/b5-3+. The van der Waals surface area contributed by atoms with Gasteiger partial charge in [-0.25, -0.2) is 4.79 Å². The normalized spacial score (nSPS) is 10.5. The number of aromatic carboxylic acids is 1. The summed E-state index contributed by atoms with van der Waals surface area (Å²) in [6, 6.07) is 6.02. The van der Waals surface area contributed by atoms with Crippen molar-refractivity contribution in [3.63, 3.8) is 0 Å². The van der Waals surface area contributed by atoms with Crippen molar-refractivity contribution < 1.29 is 24.5 Å². The number of phenols is 1. The highest BCUT2D eigenvalue weighted by Gasteiger charge is 2.11. The Morgan fingerprint density at radius 3 is 2.78 bits per heavy atom.